The van der Waals surface area contributed by atoms with E-state index in [4.69, 9.17) is 10.9 Å². The van der Waals surface area contributed by atoms with Gasteiger partial charge in [0, 0.05) is 0 Å². The van der Waals surface area contributed by atoms with Gasteiger partial charge in [-0.25, -0.2) is 0 Å². The Hall–Kier alpha value is -1.89. The summed E-state index contributed by atoms with van der Waals surface area (Å²) in [6.07, 6.45) is -19.3. The van der Waals surface area contributed by atoms with E-state index in [0.29, 0.717) is 24.3 Å². The fraction of sp³-hybridized carbons (Fsp3) is 0.143. The molecule has 4 nitrogen and oxygen atoms in total. The third-order valence-corrected chi connectivity index (χ3v) is 27.4. The van der Waals surface area contributed by atoms with Crippen LogP contribution in [0.5, 0.6) is 0 Å². The number of alkyl halides is 12. The van der Waals surface area contributed by atoms with Gasteiger partial charge in [0.2, 0.25) is 0 Å². The van der Waals surface area contributed by atoms with Gasteiger partial charge in [0.1, 0.15) is 0 Å². The molecule has 1 aliphatic rings. The SMILES string of the molecule is FC(F)(F)c1cccc([As]2O[As](c3cccc(C(F)(F)F)c3)O[As](c3cccc(C(F)(F)F)c3)O[As](c3cccc(C(F)(F)F)c3)O2)c1. The van der Waals surface area contributed by atoms with E-state index in [1.165, 1.54) is 24.3 Å². The average molecular weight is 944 g/mol. The molecule has 0 aromatic heterocycles. The topological polar surface area (TPSA) is 36.9 Å². The van der Waals surface area contributed by atoms with Crippen molar-refractivity contribution in [3.63, 3.8) is 0 Å². The summed E-state index contributed by atoms with van der Waals surface area (Å²) in [6.45, 7) is 0. The maximum atomic E-state index is 13.6. The van der Waals surface area contributed by atoms with Crippen LogP contribution in [0.4, 0.5) is 52.7 Å². The van der Waals surface area contributed by atoms with Gasteiger partial charge in [-0.3, -0.25) is 0 Å². The van der Waals surface area contributed by atoms with Crippen LogP contribution in [0.3, 0.4) is 0 Å². The molecule has 4 aromatic carbocycles. The molecule has 1 aliphatic heterocycles. The van der Waals surface area contributed by atoms with E-state index in [1.807, 2.05) is 0 Å². The van der Waals surface area contributed by atoms with Crippen molar-refractivity contribution < 1.29 is 63.5 Å². The molecule has 0 bridgehead atoms. The van der Waals surface area contributed by atoms with Crippen molar-refractivity contribution in [2.45, 2.75) is 24.7 Å². The summed E-state index contributed by atoms with van der Waals surface area (Å²) in [5, 5.41) is 0. The molecule has 0 aliphatic carbocycles. The number of benzene rings is 4. The van der Waals surface area contributed by atoms with Gasteiger partial charge < -0.3 is 0 Å². The molecule has 0 N–H and O–H groups in total. The zero-order valence-corrected chi connectivity index (χ0v) is 30.7. The van der Waals surface area contributed by atoms with Crippen molar-refractivity contribution in [2.75, 3.05) is 0 Å². The summed E-state index contributed by atoms with van der Waals surface area (Å²) in [5.41, 5.74) is -4.51. The van der Waals surface area contributed by atoms with Crippen LogP contribution in [0.1, 0.15) is 22.3 Å². The summed E-state index contributed by atoms with van der Waals surface area (Å²) in [7, 11) is 0. The Kier molecular flexibility index (Phi) is 11.2. The van der Waals surface area contributed by atoms with Crippen molar-refractivity contribution in [2.24, 2.45) is 0 Å². The monoisotopic (exact) mass is 944 g/mol. The quantitative estimate of drug-likeness (QED) is 0.194. The van der Waals surface area contributed by atoms with Gasteiger partial charge in [0.25, 0.3) is 0 Å². The molecule has 1 saturated heterocycles. The molecule has 0 atom stereocenters. The van der Waals surface area contributed by atoms with Crippen molar-refractivity contribution in [3.05, 3.63) is 119 Å². The van der Waals surface area contributed by atoms with E-state index in [0.717, 1.165) is 48.5 Å². The second kappa shape index (κ2) is 14.4. The van der Waals surface area contributed by atoms with Gasteiger partial charge >= 0.3 is 286 Å². The first-order valence-electron chi connectivity index (χ1n) is 12.9. The normalized spacial score (nSPS) is 21.4. The number of hydrogen-bond acceptors (Lipinski definition) is 4. The summed E-state index contributed by atoms with van der Waals surface area (Å²) in [4.78, 5) is 0. The minimum absolute atomic E-state index is 0.165. The number of rotatable bonds is 4. The number of hydrogen-bond donors (Lipinski definition) is 0. The molecule has 4 aromatic rings. The Morgan fingerprint density at radius 2 is 0.500 bits per heavy atom. The second-order valence-electron chi connectivity index (χ2n) is 9.55. The molecule has 20 heteroatoms. The van der Waals surface area contributed by atoms with Crippen LogP contribution in [0, 0.1) is 0 Å². The predicted octanol–water partition coefficient (Wildman–Crippen LogP) is 5.72. The van der Waals surface area contributed by atoms with E-state index in [-0.39, 0.29) is 17.4 Å². The molecular formula is C28H16As4F12O4. The molecule has 1 heterocycles. The first-order chi connectivity index (χ1) is 22.3. The molecule has 256 valence electrons. The molecule has 0 amide bonds. The summed E-state index contributed by atoms with van der Waals surface area (Å²) in [5.74, 6) is 0. The summed E-state index contributed by atoms with van der Waals surface area (Å²) >= 11 is -15.3. The van der Waals surface area contributed by atoms with Gasteiger partial charge in [-0.05, 0) is 0 Å². The third-order valence-electron chi connectivity index (χ3n) is 6.13. The first kappa shape index (κ1) is 37.4. The molecule has 48 heavy (non-hydrogen) atoms. The van der Waals surface area contributed by atoms with E-state index >= 15 is 0 Å². The molecule has 5 rings (SSSR count). The fourth-order valence-electron chi connectivity index (χ4n) is 3.89. The van der Waals surface area contributed by atoms with Crippen LogP contribution in [-0.4, -0.2) is 61.3 Å². The predicted molar refractivity (Wildman–Crippen MR) is 152 cm³/mol. The van der Waals surface area contributed by atoms with Crippen LogP contribution in [0.25, 0.3) is 0 Å². The Morgan fingerprint density at radius 1 is 0.312 bits per heavy atom. The van der Waals surface area contributed by atoms with E-state index in [2.05, 4.69) is 0 Å². The van der Waals surface area contributed by atoms with E-state index in [9.17, 15) is 52.7 Å². The Bertz CT molecular complexity index is 1490. The molecule has 0 radical (unpaired) electrons. The molecule has 1 fully saturated rings. The Labute approximate surface area is 284 Å². The van der Waals surface area contributed by atoms with Crippen LogP contribution in [0.15, 0.2) is 97.1 Å². The van der Waals surface area contributed by atoms with E-state index in [1.54, 1.807) is 0 Å². The Morgan fingerprint density at radius 3 is 0.667 bits per heavy atom. The molecule has 0 unspecified atom stereocenters. The maximum absolute atomic E-state index is 13.6. The minimum atomic E-state index is -4.83. The summed E-state index contributed by atoms with van der Waals surface area (Å²) < 4.78 is 188. The van der Waals surface area contributed by atoms with Gasteiger partial charge in [0.15, 0.2) is 0 Å². The van der Waals surface area contributed by atoms with Crippen LogP contribution < -0.4 is 17.4 Å². The second-order valence-corrected chi connectivity index (χ2v) is 26.7. The molecule has 0 spiro atoms. The van der Waals surface area contributed by atoms with Crippen molar-refractivity contribution in [1.82, 2.24) is 0 Å². The fourth-order valence-corrected chi connectivity index (χ4v) is 32.8. The third kappa shape index (κ3) is 9.26. The molecular weight excluding hydrogens is 928 g/mol. The van der Waals surface area contributed by atoms with Crippen LogP contribution >= 0.6 is 0 Å². The van der Waals surface area contributed by atoms with Crippen LogP contribution in [-0.2, 0) is 35.6 Å². The van der Waals surface area contributed by atoms with Crippen molar-refractivity contribution >= 4 is 78.7 Å². The van der Waals surface area contributed by atoms with Gasteiger partial charge in [-0.2, -0.15) is 0 Å². The van der Waals surface area contributed by atoms with Gasteiger partial charge in [0.05, 0.1) is 0 Å². The molecule has 0 saturated carbocycles. The standard InChI is InChI=1S/C28H16As4F12O4/c33-25(34,35)17-5-1-9-21(13-17)29-45-30(22-10-2-6-18(14-22)26(36,37)38)47-32(24-12-4-8-20(16-24)28(42,43)44)48-31(46-29)23-11-3-7-19(15-23)27(39,40)41/h1-16H. The summed E-state index contributed by atoms with van der Waals surface area (Å²) in [6, 6.07) is 14.7. The van der Waals surface area contributed by atoms with Crippen molar-refractivity contribution in [1.29, 1.82) is 0 Å². The zero-order chi connectivity index (χ0) is 35.1. The Balaban J connectivity index is 1.67. The average Bonchev–Trinajstić information content (AvgIpc) is 3.00. The van der Waals surface area contributed by atoms with Crippen LogP contribution in [0.2, 0.25) is 0 Å². The zero-order valence-electron chi connectivity index (χ0n) is 23.2. The van der Waals surface area contributed by atoms with Gasteiger partial charge in [-0.15, -0.1) is 0 Å². The van der Waals surface area contributed by atoms with Crippen molar-refractivity contribution in [3.8, 4) is 0 Å². The first-order valence-corrected chi connectivity index (χ1v) is 22.8. The van der Waals surface area contributed by atoms with Gasteiger partial charge in [-0.1, -0.05) is 0 Å². The van der Waals surface area contributed by atoms with E-state index < -0.39 is 108 Å². The number of halogens is 12.